The quantitative estimate of drug-likeness (QED) is 0.156. The Balaban J connectivity index is 1.41. The van der Waals surface area contributed by atoms with Gasteiger partial charge < -0.3 is 5.32 Å². The summed E-state index contributed by atoms with van der Waals surface area (Å²) >= 11 is 0. The number of Topliss-reactive ketones (excluding diaryl/α,β-unsaturated/α-hetero) is 2. The molecule has 1 N–H and O–H groups in total. The van der Waals surface area contributed by atoms with Gasteiger partial charge in [0.25, 0.3) is 0 Å². The van der Waals surface area contributed by atoms with Gasteiger partial charge in [-0.15, -0.1) is 0 Å². The Morgan fingerprint density at radius 2 is 0.951 bits per heavy atom. The van der Waals surface area contributed by atoms with Crippen LogP contribution in [-0.2, 0) is 9.59 Å². The molecule has 0 amide bonds. The Morgan fingerprint density at radius 3 is 1.37 bits per heavy atom. The first kappa shape index (κ1) is 32.6. The van der Waals surface area contributed by atoms with Gasteiger partial charge in [-0.2, -0.15) is 0 Å². The number of dihydropyridines is 1. The molecule has 2 aromatic rings. The van der Waals surface area contributed by atoms with Crippen LogP contribution in [0.3, 0.4) is 0 Å². The Kier molecular flexibility index (Phi) is 15.3. The molecule has 0 spiro atoms. The van der Waals surface area contributed by atoms with E-state index < -0.39 is 0 Å². The molecule has 2 aromatic carbocycles. The molecule has 222 valence electrons. The highest BCUT2D eigenvalue weighted by Gasteiger charge is 2.27. The summed E-state index contributed by atoms with van der Waals surface area (Å²) in [6.45, 7) is 3.88. The van der Waals surface area contributed by atoms with Gasteiger partial charge in [0.1, 0.15) is 0 Å². The highest BCUT2D eigenvalue weighted by molar-refractivity contribution is 6.11. The van der Waals surface area contributed by atoms with E-state index in [4.69, 9.17) is 0 Å². The highest BCUT2D eigenvalue weighted by atomic mass is 16.1. The van der Waals surface area contributed by atoms with Crippen LogP contribution in [0.4, 0.5) is 0 Å². The van der Waals surface area contributed by atoms with Crippen molar-refractivity contribution in [2.24, 2.45) is 0 Å². The van der Waals surface area contributed by atoms with Crippen LogP contribution in [0, 0.1) is 0 Å². The Morgan fingerprint density at radius 1 is 0.561 bits per heavy atom. The van der Waals surface area contributed by atoms with Crippen molar-refractivity contribution >= 4 is 23.0 Å². The van der Waals surface area contributed by atoms with Gasteiger partial charge in [-0.25, -0.2) is 0 Å². The average molecular weight is 556 g/mol. The fourth-order valence-corrected chi connectivity index (χ4v) is 5.85. The summed E-state index contributed by atoms with van der Waals surface area (Å²) in [6, 6.07) is 20.0. The van der Waals surface area contributed by atoms with Crippen LogP contribution < -0.4 is 5.32 Å². The zero-order chi connectivity index (χ0) is 29.1. The first-order valence-corrected chi connectivity index (χ1v) is 16.5. The predicted molar refractivity (Wildman–Crippen MR) is 174 cm³/mol. The molecule has 3 nitrogen and oxygen atoms in total. The van der Waals surface area contributed by atoms with E-state index in [2.05, 4.69) is 12.2 Å². The van der Waals surface area contributed by atoms with Gasteiger partial charge in [-0.1, -0.05) is 164 Å². The number of hydrogen-bond acceptors (Lipinski definition) is 3. The van der Waals surface area contributed by atoms with E-state index in [1.165, 1.54) is 89.9 Å². The van der Waals surface area contributed by atoms with Crippen LogP contribution in [0.2, 0.25) is 0 Å². The third kappa shape index (κ3) is 11.5. The van der Waals surface area contributed by atoms with Crippen molar-refractivity contribution in [1.82, 2.24) is 5.32 Å². The van der Waals surface area contributed by atoms with Crippen LogP contribution >= 0.6 is 0 Å². The van der Waals surface area contributed by atoms with Crippen LogP contribution in [0.5, 0.6) is 0 Å². The molecule has 0 aliphatic carbocycles. The number of ketones is 2. The summed E-state index contributed by atoms with van der Waals surface area (Å²) in [5.41, 5.74) is 5.04. The van der Waals surface area contributed by atoms with Crippen molar-refractivity contribution in [3.05, 3.63) is 82.9 Å². The second-order valence-electron chi connectivity index (χ2n) is 11.8. The van der Waals surface area contributed by atoms with E-state index >= 15 is 0 Å². The number of unbranched alkanes of at least 4 members (excludes halogenated alkanes) is 15. The van der Waals surface area contributed by atoms with Crippen molar-refractivity contribution in [3.8, 4) is 0 Å². The van der Waals surface area contributed by atoms with Crippen molar-refractivity contribution in [2.45, 2.75) is 129 Å². The van der Waals surface area contributed by atoms with Crippen molar-refractivity contribution in [1.29, 1.82) is 0 Å². The zero-order valence-electron chi connectivity index (χ0n) is 25.8. The summed E-state index contributed by atoms with van der Waals surface area (Å²) in [6.07, 6.45) is 22.0. The molecule has 0 bridgehead atoms. The van der Waals surface area contributed by atoms with Crippen molar-refractivity contribution < 1.29 is 9.59 Å². The minimum atomic E-state index is 0.0103. The highest BCUT2D eigenvalue weighted by Crippen LogP contribution is 2.34. The lowest BCUT2D eigenvalue weighted by atomic mass is 9.87. The van der Waals surface area contributed by atoms with Crippen LogP contribution in [0.25, 0.3) is 11.4 Å². The fraction of sp³-hybridized carbons (Fsp3) is 0.526. The lowest BCUT2D eigenvalue weighted by molar-refractivity contribution is -0.115. The van der Waals surface area contributed by atoms with E-state index in [-0.39, 0.29) is 11.6 Å². The fourth-order valence-electron chi connectivity index (χ4n) is 5.85. The number of hydrogen-bond donors (Lipinski definition) is 1. The van der Waals surface area contributed by atoms with E-state index in [1.807, 2.05) is 60.7 Å². The van der Waals surface area contributed by atoms with Gasteiger partial charge in [-0.05, 0) is 24.5 Å². The Labute approximate surface area is 249 Å². The molecule has 1 aliphatic heterocycles. The monoisotopic (exact) mass is 555 g/mol. The molecule has 0 radical (unpaired) electrons. The maximum Gasteiger partial charge on any atom is 0.161 e. The molecular weight excluding hydrogens is 502 g/mol. The standard InChI is InChI=1S/C38H53NO2/c1-3-4-5-6-7-8-9-10-11-12-13-14-15-16-17-24-29-36(41)35-30-34(31(2)40)37(32-25-20-18-21-26-32)39-38(35)33-27-22-19-23-28-33/h18-23,25-28,39H,3-17,24,29-30H2,1-2H3. The number of allylic oxidation sites excluding steroid dienone is 2. The number of benzene rings is 2. The lowest BCUT2D eigenvalue weighted by Gasteiger charge is -2.27. The second kappa shape index (κ2) is 19.2. The zero-order valence-corrected chi connectivity index (χ0v) is 25.8. The third-order valence-corrected chi connectivity index (χ3v) is 8.35. The van der Waals surface area contributed by atoms with Gasteiger partial charge in [0, 0.05) is 24.0 Å². The van der Waals surface area contributed by atoms with Gasteiger partial charge in [0.05, 0.1) is 11.4 Å². The molecule has 0 fully saturated rings. The first-order chi connectivity index (χ1) is 20.1. The van der Waals surface area contributed by atoms with Crippen molar-refractivity contribution in [3.63, 3.8) is 0 Å². The molecule has 1 heterocycles. The summed E-state index contributed by atoms with van der Waals surface area (Å²) in [7, 11) is 0. The molecule has 0 atom stereocenters. The van der Waals surface area contributed by atoms with E-state index in [0.717, 1.165) is 40.9 Å². The van der Waals surface area contributed by atoms with Crippen LogP contribution in [-0.4, -0.2) is 11.6 Å². The van der Waals surface area contributed by atoms with Gasteiger partial charge in [0.15, 0.2) is 11.6 Å². The number of carbonyl (C=O) groups excluding carboxylic acids is 2. The predicted octanol–water partition coefficient (Wildman–Crippen LogP) is 10.6. The number of carbonyl (C=O) groups is 2. The largest absolute Gasteiger partial charge is 0.354 e. The molecule has 0 aromatic heterocycles. The lowest BCUT2D eigenvalue weighted by Crippen LogP contribution is -2.25. The maximum absolute atomic E-state index is 13.5. The molecular formula is C38H53NO2. The molecule has 0 saturated heterocycles. The van der Waals surface area contributed by atoms with Crippen LogP contribution in [0.15, 0.2) is 71.8 Å². The first-order valence-electron chi connectivity index (χ1n) is 16.5. The topological polar surface area (TPSA) is 46.2 Å². The summed E-state index contributed by atoms with van der Waals surface area (Å²) in [5, 5.41) is 3.52. The molecule has 41 heavy (non-hydrogen) atoms. The summed E-state index contributed by atoms with van der Waals surface area (Å²) in [4.78, 5) is 26.2. The SMILES string of the molecule is CCCCCCCCCCCCCCCCCCC(=O)C1=C(c2ccccc2)NC(c2ccccc2)=C(C(C)=O)C1. The number of rotatable bonds is 21. The second-order valence-corrected chi connectivity index (χ2v) is 11.8. The number of nitrogens with one attached hydrogen (secondary N) is 1. The molecule has 3 rings (SSSR count). The van der Waals surface area contributed by atoms with Crippen LogP contribution in [0.1, 0.15) is 141 Å². The summed E-state index contributed by atoms with van der Waals surface area (Å²) < 4.78 is 0. The van der Waals surface area contributed by atoms with Crippen molar-refractivity contribution in [2.75, 3.05) is 0 Å². The maximum atomic E-state index is 13.5. The van der Waals surface area contributed by atoms with Gasteiger partial charge in [0.2, 0.25) is 0 Å². The molecule has 3 heteroatoms. The smallest absolute Gasteiger partial charge is 0.161 e. The molecule has 0 unspecified atom stereocenters. The summed E-state index contributed by atoms with van der Waals surface area (Å²) in [5.74, 6) is 0.170. The normalized spacial score (nSPS) is 13.4. The average Bonchev–Trinajstić information content (AvgIpc) is 3.01. The van der Waals surface area contributed by atoms with Gasteiger partial charge >= 0.3 is 0 Å². The van der Waals surface area contributed by atoms with E-state index in [0.29, 0.717) is 18.4 Å². The molecule has 0 saturated carbocycles. The molecule has 1 aliphatic rings. The Bertz CT molecular complexity index is 1110. The minimum absolute atomic E-state index is 0.0103. The third-order valence-electron chi connectivity index (χ3n) is 8.35. The van der Waals surface area contributed by atoms with E-state index in [9.17, 15) is 9.59 Å². The van der Waals surface area contributed by atoms with E-state index in [1.54, 1.807) is 6.92 Å². The van der Waals surface area contributed by atoms with Gasteiger partial charge in [-0.3, -0.25) is 9.59 Å². The Hall–Kier alpha value is -2.94. The minimum Gasteiger partial charge on any atom is -0.354 e.